The molecule has 1 heteroatoms. The Bertz CT molecular complexity index is 377. The van der Waals surface area contributed by atoms with Crippen LogP contribution in [0, 0.1) is 13.8 Å². The summed E-state index contributed by atoms with van der Waals surface area (Å²) in [7, 11) is 0. The molecule has 1 atom stereocenters. The predicted molar refractivity (Wildman–Crippen MR) is 71.0 cm³/mol. The van der Waals surface area contributed by atoms with Crippen LogP contribution in [-0.2, 0) is 0 Å². The molecule has 0 bridgehead atoms. The third-order valence-corrected chi connectivity index (χ3v) is 2.69. The minimum Gasteiger partial charge on any atom is -0.490 e. The van der Waals surface area contributed by atoms with Gasteiger partial charge in [0.15, 0.2) is 0 Å². The third kappa shape index (κ3) is 3.13. The molecule has 0 aliphatic carbocycles. The highest BCUT2D eigenvalue weighted by Gasteiger charge is 2.09. The summed E-state index contributed by atoms with van der Waals surface area (Å²) in [5, 5.41) is 0. The average Bonchev–Trinajstić information content (AvgIpc) is 2.23. The Hall–Kier alpha value is -1.24. The van der Waals surface area contributed by atoms with Crippen molar-refractivity contribution in [2.24, 2.45) is 0 Å². The third-order valence-electron chi connectivity index (χ3n) is 2.69. The molecule has 0 radical (unpaired) electrons. The first kappa shape index (κ1) is 12.8. The normalized spacial score (nSPS) is 13.1. The summed E-state index contributed by atoms with van der Waals surface area (Å²) < 4.78 is 5.98. The first-order chi connectivity index (χ1) is 7.58. The Morgan fingerprint density at radius 2 is 2.00 bits per heavy atom. The van der Waals surface area contributed by atoms with Crippen molar-refractivity contribution in [2.75, 3.05) is 0 Å². The van der Waals surface area contributed by atoms with Gasteiger partial charge in [-0.1, -0.05) is 30.7 Å². The molecule has 0 aromatic heterocycles. The van der Waals surface area contributed by atoms with Crippen LogP contribution in [0.15, 0.2) is 18.2 Å². The van der Waals surface area contributed by atoms with E-state index in [-0.39, 0.29) is 6.10 Å². The molecule has 0 aliphatic rings. The molecule has 1 aromatic carbocycles. The monoisotopic (exact) mass is 218 g/mol. The molecule has 1 nitrogen and oxygen atoms in total. The van der Waals surface area contributed by atoms with Crippen molar-refractivity contribution in [3.05, 3.63) is 34.9 Å². The zero-order chi connectivity index (χ0) is 12.1. The number of ether oxygens (including phenoxy) is 1. The van der Waals surface area contributed by atoms with Gasteiger partial charge < -0.3 is 4.74 Å². The predicted octanol–water partition coefficient (Wildman–Crippen LogP) is 4.51. The smallest absolute Gasteiger partial charge is 0.129 e. The van der Waals surface area contributed by atoms with Crippen molar-refractivity contribution in [3.63, 3.8) is 0 Å². The van der Waals surface area contributed by atoms with Gasteiger partial charge in [-0.15, -0.1) is 0 Å². The lowest BCUT2D eigenvalue weighted by molar-refractivity contribution is 0.215. The van der Waals surface area contributed by atoms with E-state index in [1.807, 2.05) is 6.92 Å². The molecular formula is C15H22O. The van der Waals surface area contributed by atoms with Crippen LogP contribution >= 0.6 is 0 Å². The number of aryl methyl sites for hydroxylation is 2. The number of allylic oxidation sites excluding steroid dienone is 1. The van der Waals surface area contributed by atoms with Crippen molar-refractivity contribution in [1.82, 2.24) is 0 Å². The van der Waals surface area contributed by atoms with E-state index in [1.165, 1.54) is 16.7 Å². The van der Waals surface area contributed by atoms with Gasteiger partial charge in [0.05, 0.1) is 6.10 Å². The van der Waals surface area contributed by atoms with E-state index in [4.69, 9.17) is 4.74 Å². The molecule has 0 aliphatic heterocycles. The van der Waals surface area contributed by atoms with Gasteiger partial charge in [-0.05, 0) is 45.7 Å². The average molecular weight is 218 g/mol. The van der Waals surface area contributed by atoms with Gasteiger partial charge in [-0.3, -0.25) is 0 Å². The molecule has 88 valence electrons. The molecule has 0 spiro atoms. The molecule has 0 heterocycles. The quantitative estimate of drug-likeness (QED) is 0.722. The van der Waals surface area contributed by atoms with Crippen molar-refractivity contribution in [1.29, 1.82) is 0 Å². The summed E-state index contributed by atoms with van der Waals surface area (Å²) in [6.07, 6.45) is 5.46. The minimum atomic E-state index is 0.269. The minimum absolute atomic E-state index is 0.269. The zero-order valence-electron chi connectivity index (χ0n) is 11.0. The maximum absolute atomic E-state index is 5.98. The fraction of sp³-hybridized carbons (Fsp3) is 0.467. The lowest BCUT2D eigenvalue weighted by Crippen LogP contribution is -2.11. The van der Waals surface area contributed by atoms with Gasteiger partial charge >= 0.3 is 0 Å². The number of rotatable bonds is 4. The van der Waals surface area contributed by atoms with Gasteiger partial charge in [0.25, 0.3) is 0 Å². The van der Waals surface area contributed by atoms with E-state index in [0.717, 1.165) is 12.2 Å². The van der Waals surface area contributed by atoms with E-state index in [9.17, 15) is 0 Å². The topological polar surface area (TPSA) is 9.23 Å². The lowest BCUT2D eigenvalue weighted by Gasteiger charge is -2.17. The first-order valence-electron chi connectivity index (χ1n) is 5.99. The largest absolute Gasteiger partial charge is 0.490 e. The second kappa shape index (κ2) is 5.74. The first-order valence-corrected chi connectivity index (χ1v) is 5.99. The molecular weight excluding hydrogens is 196 g/mol. The van der Waals surface area contributed by atoms with Crippen molar-refractivity contribution < 1.29 is 4.74 Å². The van der Waals surface area contributed by atoms with Crippen LogP contribution in [0.2, 0.25) is 0 Å². The van der Waals surface area contributed by atoms with Gasteiger partial charge in [-0.2, -0.15) is 0 Å². The van der Waals surface area contributed by atoms with Crippen LogP contribution < -0.4 is 4.74 Å². The van der Waals surface area contributed by atoms with Crippen LogP contribution in [0.3, 0.4) is 0 Å². The highest BCUT2D eigenvalue weighted by atomic mass is 16.5. The fourth-order valence-corrected chi connectivity index (χ4v) is 1.74. The summed E-state index contributed by atoms with van der Waals surface area (Å²) >= 11 is 0. The van der Waals surface area contributed by atoms with E-state index in [0.29, 0.717) is 0 Å². The Morgan fingerprint density at radius 3 is 2.56 bits per heavy atom. The second-order valence-corrected chi connectivity index (χ2v) is 4.34. The molecule has 1 aromatic rings. The van der Waals surface area contributed by atoms with Crippen molar-refractivity contribution >= 4 is 6.08 Å². The van der Waals surface area contributed by atoms with Crippen LogP contribution in [0.4, 0.5) is 0 Å². The van der Waals surface area contributed by atoms with Crippen molar-refractivity contribution in [2.45, 2.75) is 47.1 Å². The summed E-state index contributed by atoms with van der Waals surface area (Å²) in [5.41, 5.74) is 3.68. The van der Waals surface area contributed by atoms with Gasteiger partial charge in [-0.25, -0.2) is 0 Å². The van der Waals surface area contributed by atoms with E-state index in [2.05, 4.69) is 52.0 Å². The molecule has 0 N–H and O–H groups in total. The summed E-state index contributed by atoms with van der Waals surface area (Å²) in [6.45, 7) is 10.5. The van der Waals surface area contributed by atoms with Gasteiger partial charge in [0, 0.05) is 5.56 Å². The zero-order valence-corrected chi connectivity index (χ0v) is 11.0. The maximum atomic E-state index is 5.98. The molecule has 0 saturated carbocycles. The van der Waals surface area contributed by atoms with E-state index in [1.54, 1.807) is 0 Å². The fourth-order valence-electron chi connectivity index (χ4n) is 1.74. The summed E-state index contributed by atoms with van der Waals surface area (Å²) in [6, 6.07) is 4.34. The Kier molecular flexibility index (Phi) is 4.60. The molecule has 1 unspecified atom stereocenters. The highest BCUT2D eigenvalue weighted by Crippen LogP contribution is 2.28. The number of hydrogen-bond donors (Lipinski definition) is 0. The Morgan fingerprint density at radius 1 is 1.31 bits per heavy atom. The van der Waals surface area contributed by atoms with Crippen LogP contribution in [0.25, 0.3) is 6.08 Å². The SMILES string of the molecule is CC=Cc1cc(C)cc(C)c1OC(C)CC. The van der Waals surface area contributed by atoms with Crippen LogP contribution in [-0.4, -0.2) is 6.10 Å². The Labute approximate surface area is 99.1 Å². The standard InChI is InChI=1S/C15H22O/c1-6-8-14-10-11(3)9-12(4)15(14)16-13(5)7-2/h6,8-10,13H,7H2,1-5H3. The Balaban J connectivity index is 3.13. The van der Waals surface area contributed by atoms with Gasteiger partial charge in [0.2, 0.25) is 0 Å². The maximum Gasteiger partial charge on any atom is 0.129 e. The highest BCUT2D eigenvalue weighted by molar-refractivity contribution is 5.61. The van der Waals surface area contributed by atoms with Crippen LogP contribution in [0.5, 0.6) is 5.75 Å². The lowest BCUT2D eigenvalue weighted by atomic mass is 10.0. The molecule has 0 amide bonds. The molecule has 16 heavy (non-hydrogen) atoms. The summed E-state index contributed by atoms with van der Waals surface area (Å²) in [4.78, 5) is 0. The number of hydrogen-bond acceptors (Lipinski definition) is 1. The molecule has 0 saturated heterocycles. The van der Waals surface area contributed by atoms with Gasteiger partial charge in [0.1, 0.15) is 5.75 Å². The molecule has 0 fully saturated rings. The van der Waals surface area contributed by atoms with Crippen LogP contribution in [0.1, 0.15) is 43.9 Å². The second-order valence-electron chi connectivity index (χ2n) is 4.34. The number of benzene rings is 1. The van der Waals surface area contributed by atoms with E-state index >= 15 is 0 Å². The molecule has 1 rings (SSSR count). The van der Waals surface area contributed by atoms with Crippen molar-refractivity contribution in [3.8, 4) is 5.75 Å². The van der Waals surface area contributed by atoms with E-state index < -0.39 is 0 Å². The summed E-state index contributed by atoms with van der Waals surface area (Å²) in [5.74, 6) is 1.03.